The van der Waals surface area contributed by atoms with E-state index in [1.165, 1.54) is 28.3 Å². The molecule has 3 rings (SSSR count). The van der Waals surface area contributed by atoms with E-state index in [0.717, 1.165) is 38.3 Å². The first-order valence-corrected chi connectivity index (χ1v) is 10.9. The number of anilines is 2. The van der Waals surface area contributed by atoms with Gasteiger partial charge in [0.2, 0.25) is 5.91 Å². The highest BCUT2D eigenvalue weighted by atomic mass is 19.1. The topological polar surface area (TPSA) is 40.0 Å². The van der Waals surface area contributed by atoms with Crippen molar-refractivity contribution in [3.8, 4) is 0 Å². The molecule has 0 bridgehead atoms. The Labute approximate surface area is 179 Å². The smallest absolute Gasteiger partial charge is 0.220 e. The van der Waals surface area contributed by atoms with Gasteiger partial charge in [0, 0.05) is 37.5 Å². The van der Waals surface area contributed by atoms with Crippen LogP contribution in [0.25, 0.3) is 0 Å². The Kier molecular flexibility index (Phi) is 7.69. The van der Waals surface area contributed by atoms with Crippen LogP contribution in [0.1, 0.15) is 31.4 Å². The molecule has 2 N–H and O–H groups in total. The summed E-state index contributed by atoms with van der Waals surface area (Å²) in [6.07, 6.45) is 1.43. The molecule has 0 aromatic heterocycles. The highest BCUT2D eigenvalue weighted by Gasteiger charge is 2.29. The predicted molar refractivity (Wildman–Crippen MR) is 121 cm³/mol. The van der Waals surface area contributed by atoms with Crippen LogP contribution in [0, 0.1) is 5.82 Å². The summed E-state index contributed by atoms with van der Waals surface area (Å²) in [5, 5.41) is 3.14. The predicted octanol–water partition coefficient (Wildman–Crippen LogP) is 2.25. The van der Waals surface area contributed by atoms with Gasteiger partial charge in [-0.3, -0.25) is 4.79 Å². The summed E-state index contributed by atoms with van der Waals surface area (Å²) in [5.41, 5.74) is 3.49. The number of amides is 1. The van der Waals surface area contributed by atoms with Gasteiger partial charge in [0.05, 0.1) is 32.7 Å². The summed E-state index contributed by atoms with van der Waals surface area (Å²) in [7, 11) is 4.08. The van der Waals surface area contributed by atoms with E-state index in [0.29, 0.717) is 13.0 Å². The lowest BCUT2D eigenvalue weighted by Gasteiger charge is -2.38. The van der Waals surface area contributed by atoms with E-state index in [1.54, 1.807) is 0 Å². The van der Waals surface area contributed by atoms with Crippen LogP contribution >= 0.6 is 0 Å². The first-order valence-electron chi connectivity index (χ1n) is 10.9. The SMILES string of the molecule is CCCC(=O)NC[C@H](c1ccc(N(C)C)cc1)[NH+]1CCN(c2ccc(F)cc2)CC1. The molecule has 1 fully saturated rings. The quantitative estimate of drug-likeness (QED) is 0.698. The minimum absolute atomic E-state index is 0.122. The van der Waals surface area contributed by atoms with Crippen molar-refractivity contribution in [1.29, 1.82) is 0 Å². The molecule has 6 heteroatoms. The summed E-state index contributed by atoms with van der Waals surface area (Å²) >= 11 is 0. The zero-order valence-electron chi connectivity index (χ0n) is 18.3. The first-order chi connectivity index (χ1) is 14.5. The second-order valence-corrected chi connectivity index (χ2v) is 8.21. The van der Waals surface area contributed by atoms with Crippen molar-refractivity contribution < 1.29 is 14.1 Å². The lowest BCUT2D eigenvalue weighted by molar-refractivity contribution is -0.931. The Bertz CT molecular complexity index is 799. The van der Waals surface area contributed by atoms with Gasteiger partial charge < -0.3 is 20.0 Å². The number of hydrogen-bond donors (Lipinski definition) is 2. The maximum Gasteiger partial charge on any atom is 0.220 e. The minimum Gasteiger partial charge on any atom is -0.378 e. The maximum absolute atomic E-state index is 13.2. The minimum atomic E-state index is -0.202. The number of quaternary nitrogens is 1. The van der Waals surface area contributed by atoms with Crippen LogP contribution in [0.15, 0.2) is 48.5 Å². The molecular weight excluding hydrogens is 379 g/mol. The van der Waals surface area contributed by atoms with Crippen molar-refractivity contribution in [2.45, 2.75) is 25.8 Å². The Morgan fingerprint density at radius 1 is 1.10 bits per heavy atom. The molecule has 30 heavy (non-hydrogen) atoms. The molecule has 0 unspecified atom stereocenters. The molecule has 5 nitrogen and oxygen atoms in total. The largest absolute Gasteiger partial charge is 0.378 e. The molecule has 0 saturated carbocycles. The number of carbonyl (C=O) groups is 1. The molecule has 0 spiro atoms. The number of carbonyl (C=O) groups excluding carboxylic acids is 1. The standard InChI is InChI=1S/C24H33FN4O/c1-4-5-24(30)26-18-23(19-6-10-21(11-7-19)27(2)3)29-16-14-28(15-17-29)22-12-8-20(25)9-13-22/h6-13,23H,4-5,14-18H2,1-3H3,(H,26,30)/p+1/t23-/m1/s1. The number of nitrogens with zero attached hydrogens (tertiary/aromatic N) is 2. The Balaban J connectivity index is 1.70. The number of rotatable bonds is 8. The zero-order chi connectivity index (χ0) is 21.5. The Morgan fingerprint density at radius 2 is 1.73 bits per heavy atom. The summed E-state index contributed by atoms with van der Waals surface area (Å²) in [6.45, 7) is 6.44. The van der Waals surface area contributed by atoms with Crippen LogP contribution < -0.4 is 20.0 Å². The molecule has 1 saturated heterocycles. The third kappa shape index (κ3) is 5.72. The van der Waals surface area contributed by atoms with Gasteiger partial charge in [-0.1, -0.05) is 19.1 Å². The Morgan fingerprint density at radius 3 is 2.30 bits per heavy atom. The molecule has 1 aliphatic rings. The van der Waals surface area contributed by atoms with Gasteiger partial charge in [0.15, 0.2) is 0 Å². The summed E-state index contributed by atoms with van der Waals surface area (Å²) < 4.78 is 13.2. The zero-order valence-corrected chi connectivity index (χ0v) is 18.3. The normalized spacial score (nSPS) is 15.7. The second-order valence-electron chi connectivity index (χ2n) is 8.21. The van der Waals surface area contributed by atoms with E-state index in [1.807, 2.05) is 33.2 Å². The lowest BCUT2D eigenvalue weighted by Crippen LogP contribution is -3.15. The molecule has 0 aliphatic carbocycles. The van der Waals surface area contributed by atoms with Crippen molar-refractivity contribution in [2.75, 3.05) is 56.6 Å². The molecule has 1 amide bonds. The Hall–Kier alpha value is -2.60. The highest BCUT2D eigenvalue weighted by Crippen LogP contribution is 2.18. The third-order valence-corrected chi connectivity index (χ3v) is 5.88. The lowest BCUT2D eigenvalue weighted by atomic mass is 10.0. The van der Waals surface area contributed by atoms with Gasteiger partial charge in [-0.15, -0.1) is 0 Å². The number of hydrogen-bond acceptors (Lipinski definition) is 3. The van der Waals surface area contributed by atoms with Gasteiger partial charge in [-0.2, -0.15) is 0 Å². The van der Waals surface area contributed by atoms with Crippen LogP contribution in [-0.4, -0.2) is 52.7 Å². The number of piperazine rings is 1. The number of benzene rings is 2. The van der Waals surface area contributed by atoms with Gasteiger partial charge in [-0.05, 0) is 42.8 Å². The first kappa shape index (κ1) is 22.1. The van der Waals surface area contributed by atoms with Crippen molar-refractivity contribution in [3.63, 3.8) is 0 Å². The molecule has 2 aromatic carbocycles. The maximum atomic E-state index is 13.2. The van der Waals surface area contributed by atoms with Gasteiger partial charge in [0.1, 0.15) is 11.9 Å². The van der Waals surface area contributed by atoms with Crippen LogP contribution in [0.2, 0.25) is 0 Å². The van der Waals surface area contributed by atoms with Crippen LogP contribution in [0.5, 0.6) is 0 Å². The molecule has 1 aliphatic heterocycles. The number of halogens is 1. The summed E-state index contributed by atoms with van der Waals surface area (Å²) in [5.74, 6) is -0.0798. The molecular formula is C24H34FN4O+. The van der Waals surface area contributed by atoms with E-state index in [4.69, 9.17) is 0 Å². The molecule has 0 radical (unpaired) electrons. The van der Waals surface area contributed by atoms with E-state index in [-0.39, 0.29) is 17.8 Å². The summed E-state index contributed by atoms with van der Waals surface area (Å²) in [4.78, 5) is 18.0. The average molecular weight is 414 g/mol. The van der Waals surface area contributed by atoms with Gasteiger partial charge in [-0.25, -0.2) is 4.39 Å². The second kappa shape index (κ2) is 10.4. The van der Waals surface area contributed by atoms with E-state index < -0.39 is 0 Å². The fraction of sp³-hybridized carbons (Fsp3) is 0.458. The van der Waals surface area contributed by atoms with Crippen molar-refractivity contribution in [2.24, 2.45) is 0 Å². The fourth-order valence-corrected chi connectivity index (χ4v) is 4.09. The summed E-state index contributed by atoms with van der Waals surface area (Å²) in [6, 6.07) is 15.6. The van der Waals surface area contributed by atoms with E-state index >= 15 is 0 Å². The van der Waals surface area contributed by atoms with Crippen molar-refractivity contribution in [1.82, 2.24) is 5.32 Å². The monoisotopic (exact) mass is 413 g/mol. The van der Waals surface area contributed by atoms with E-state index in [2.05, 4.69) is 39.4 Å². The average Bonchev–Trinajstić information content (AvgIpc) is 2.75. The molecule has 1 atom stereocenters. The van der Waals surface area contributed by atoms with Crippen molar-refractivity contribution in [3.05, 3.63) is 59.9 Å². The highest BCUT2D eigenvalue weighted by molar-refractivity contribution is 5.75. The van der Waals surface area contributed by atoms with Crippen LogP contribution in [0.4, 0.5) is 15.8 Å². The van der Waals surface area contributed by atoms with Crippen LogP contribution in [-0.2, 0) is 4.79 Å². The van der Waals surface area contributed by atoms with E-state index in [9.17, 15) is 9.18 Å². The van der Waals surface area contributed by atoms with Crippen LogP contribution in [0.3, 0.4) is 0 Å². The van der Waals surface area contributed by atoms with Gasteiger partial charge in [0.25, 0.3) is 0 Å². The molecule has 2 aromatic rings. The number of nitrogens with one attached hydrogen (secondary N) is 2. The van der Waals surface area contributed by atoms with Gasteiger partial charge >= 0.3 is 0 Å². The fourth-order valence-electron chi connectivity index (χ4n) is 4.09. The van der Waals surface area contributed by atoms with Crippen molar-refractivity contribution >= 4 is 17.3 Å². The molecule has 162 valence electrons. The molecule has 1 heterocycles. The third-order valence-electron chi connectivity index (χ3n) is 5.88.